The van der Waals surface area contributed by atoms with Crippen molar-refractivity contribution in [2.45, 2.75) is 13.5 Å². The number of nitrogens with one attached hydrogen (secondary N) is 2. The molecule has 0 radical (unpaired) electrons. The van der Waals surface area contributed by atoms with Gasteiger partial charge in [0.2, 0.25) is 0 Å². The fourth-order valence-corrected chi connectivity index (χ4v) is 2.72. The maximum atomic E-state index is 12.4. The van der Waals surface area contributed by atoms with Crippen molar-refractivity contribution in [1.82, 2.24) is 10.2 Å². The Kier molecular flexibility index (Phi) is 5.80. The van der Waals surface area contributed by atoms with Crippen molar-refractivity contribution in [2.75, 3.05) is 32.1 Å². The fourth-order valence-electron chi connectivity index (χ4n) is 2.72. The van der Waals surface area contributed by atoms with Gasteiger partial charge in [-0.05, 0) is 48.9 Å². The topological polar surface area (TPSA) is 79.9 Å². The Morgan fingerprint density at radius 3 is 2.44 bits per heavy atom. The highest BCUT2D eigenvalue weighted by molar-refractivity contribution is 5.95. The normalized spacial score (nSPS) is 12.2. The number of urea groups is 1. The van der Waals surface area contributed by atoms with E-state index >= 15 is 0 Å². The third-order valence-electron chi connectivity index (χ3n) is 4.11. The molecule has 0 saturated heterocycles. The van der Waals surface area contributed by atoms with Crippen LogP contribution in [-0.2, 0) is 6.54 Å². The largest absolute Gasteiger partial charge is 0.486 e. The molecule has 0 saturated carbocycles. The van der Waals surface area contributed by atoms with Gasteiger partial charge in [0, 0.05) is 31.4 Å². The van der Waals surface area contributed by atoms with E-state index in [0.29, 0.717) is 43.3 Å². The average Bonchev–Trinajstić information content (AvgIpc) is 2.68. The Morgan fingerprint density at radius 1 is 1.04 bits per heavy atom. The molecular formula is C20H23N3O4. The molecule has 0 fully saturated rings. The number of hydrogen-bond donors (Lipinski definition) is 2. The van der Waals surface area contributed by atoms with E-state index in [9.17, 15) is 9.59 Å². The van der Waals surface area contributed by atoms with Crippen molar-refractivity contribution < 1.29 is 19.1 Å². The first-order valence-electron chi connectivity index (χ1n) is 8.85. The van der Waals surface area contributed by atoms with E-state index in [0.717, 1.165) is 11.3 Å². The minimum Gasteiger partial charge on any atom is -0.486 e. The summed E-state index contributed by atoms with van der Waals surface area (Å²) in [7, 11) is 1.72. The Balaban J connectivity index is 1.58. The molecule has 142 valence electrons. The summed E-state index contributed by atoms with van der Waals surface area (Å²) in [5.41, 5.74) is 2.13. The summed E-state index contributed by atoms with van der Waals surface area (Å²) in [6.07, 6.45) is 0. The van der Waals surface area contributed by atoms with Gasteiger partial charge in [-0.3, -0.25) is 4.79 Å². The van der Waals surface area contributed by atoms with E-state index < -0.39 is 0 Å². The summed E-state index contributed by atoms with van der Waals surface area (Å²) >= 11 is 0. The number of fused-ring (bicyclic) bond motifs is 1. The Hall–Kier alpha value is -3.22. The number of ether oxygens (including phenoxy) is 2. The van der Waals surface area contributed by atoms with Gasteiger partial charge in [-0.15, -0.1) is 0 Å². The predicted molar refractivity (Wildman–Crippen MR) is 102 cm³/mol. The summed E-state index contributed by atoms with van der Waals surface area (Å²) in [5, 5.41) is 5.56. The van der Waals surface area contributed by atoms with Crippen LogP contribution in [0.4, 0.5) is 10.5 Å². The lowest BCUT2D eigenvalue weighted by Gasteiger charge is -2.21. The molecular weight excluding hydrogens is 346 g/mol. The molecule has 7 heteroatoms. The molecule has 3 rings (SSSR count). The number of benzene rings is 2. The second-order valence-electron chi connectivity index (χ2n) is 6.20. The van der Waals surface area contributed by atoms with Crippen LogP contribution < -0.4 is 20.1 Å². The first-order valence-corrected chi connectivity index (χ1v) is 8.85. The molecule has 1 aliphatic rings. The second-order valence-corrected chi connectivity index (χ2v) is 6.20. The number of carbonyl (C=O) groups excluding carboxylic acids is 2. The Morgan fingerprint density at radius 2 is 1.74 bits per heavy atom. The van der Waals surface area contributed by atoms with E-state index in [1.807, 2.05) is 25.1 Å². The van der Waals surface area contributed by atoms with Crippen LogP contribution in [0.15, 0.2) is 42.5 Å². The van der Waals surface area contributed by atoms with Gasteiger partial charge in [0.05, 0.1) is 0 Å². The molecule has 0 atom stereocenters. The third kappa shape index (κ3) is 4.69. The molecule has 2 N–H and O–H groups in total. The van der Waals surface area contributed by atoms with Crippen LogP contribution in [0, 0.1) is 0 Å². The lowest BCUT2D eigenvalue weighted by atomic mass is 10.2. The van der Waals surface area contributed by atoms with Crippen LogP contribution in [0.1, 0.15) is 22.8 Å². The molecule has 1 heterocycles. The van der Waals surface area contributed by atoms with E-state index in [1.165, 1.54) is 0 Å². The maximum absolute atomic E-state index is 12.4. The molecule has 0 aromatic heterocycles. The van der Waals surface area contributed by atoms with Gasteiger partial charge >= 0.3 is 6.03 Å². The number of rotatable bonds is 5. The first kappa shape index (κ1) is 18.6. The minimum atomic E-state index is -0.240. The predicted octanol–water partition coefficient (Wildman–Crippen LogP) is 2.87. The molecule has 3 amide bonds. The maximum Gasteiger partial charge on any atom is 0.321 e. The summed E-state index contributed by atoms with van der Waals surface area (Å²) in [6, 6.07) is 12.2. The zero-order chi connectivity index (χ0) is 19.2. The first-order chi connectivity index (χ1) is 13.1. The smallest absolute Gasteiger partial charge is 0.321 e. The number of amides is 3. The molecule has 2 aromatic rings. The Labute approximate surface area is 158 Å². The highest BCUT2D eigenvalue weighted by atomic mass is 16.6. The SMILES string of the molecule is CCNC(=O)c1ccc(NC(=O)N(C)Cc2ccc3c(c2)OCCO3)cc1. The monoisotopic (exact) mass is 369 g/mol. The van der Waals surface area contributed by atoms with Crippen molar-refractivity contribution in [3.8, 4) is 11.5 Å². The van der Waals surface area contributed by atoms with Crippen LogP contribution in [0.2, 0.25) is 0 Å². The molecule has 27 heavy (non-hydrogen) atoms. The summed E-state index contributed by atoms with van der Waals surface area (Å²) in [5.74, 6) is 1.30. The highest BCUT2D eigenvalue weighted by Gasteiger charge is 2.14. The zero-order valence-corrected chi connectivity index (χ0v) is 15.5. The summed E-state index contributed by atoms with van der Waals surface area (Å²) in [4.78, 5) is 25.7. The number of hydrogen-bond acceptors (Lipinski definition) is 4. The van der Waals surface area contributed by atoms with E-state index in [2.05, 4.69) is 10.6 Å². The molecule has 2 aromatic carbocycles. The van der Waals surface area contributed by atoms with E-state index in [4.69, 9.17) is 9.47 Å². The molecule has 0 unspecified atom stereocenters. The lowest BCUT2D eigenvalue weighted by molar-refractivity contribution is 0.0956. The molecule has 0 spiro atoms. The number of carbonyl (C=O) groups is 2. The second kappa shape index (κ2) is 8.44. The van der Waals surface area contributed by atoms with E-state index in [1.54, 1.807) is 36.2 Å². The van der Waals surface area contributed by atoms with Gasteiger partial charge in [-0.1, -0.05) is 6.07 Å². The van der Waals surface area contributed by atoms with Crippen molar-refractivity contribution in [2.24, 2.45) is 0 Å². The fraction of sp³-hybridized carbons (Fsp3) is 0.300. The molecule has 0 bridgehead atoms. The Bertz CT molecular complexity index is 820. The van der Waals surface area contributed by atoms with Gasteiger partial charge in [-0.25, -0.2) is 4.79 Å². The summed E-state index contributed by atoms with van der Waals surface area (Å²) < 4.78 is 11.1. The van der Waals surface area contributed by atoms with Crippen LogP contribution in [0.5, 0.6) is 11.5 Å². The van der Waals surface area contributed by atoms with Crippen molar-refractivity contribution in [3.63, 3.8) is 0 Å². The van der Waals surface area contributed by atoms with E-state index in [-0.39, 0.29) is 11.9 Å². The number of anilines is 1. The van der Waals surface area contributed by atoms with Gasteiger partial charge in [-0.2, -0.15) is 0 Å². The standard InChI is InChI=1S/C20H23N3O4/c1-3-21-19(24)15-5-7-16(8-6-15)22-20(25)23(2)13-14-4-9-17-18(12-14)27-11-10-26-17/h4-9,12H,3,10-11,13H2,1-2H3,(H,21,24)(H,22,25). The molecule has 7 nitrogen and oxygen atoms in total. The highest BCUT2D eigenvalue weighted by Crippen LogP contribution is 2.31. The van der Waals surface area contributed by atoms with Crippen molar-refractivity contribution in [1.29, 1.82) is 0 Å². The lowest BCUT2D eigenvalue weighted by Crippen LogP contribution is -2.31. The quantitative estimate of drug-likeness (QED) is 0.849. The van der Waals surface area contributed by atoms with Crippen LogP contribution in [-0.4, -0.2) is 43.6 Å². The van der Waals surface area contributed by atoms with Crippen LogP contribution >= 0.6 is 0 Å². The number of nitrogens with zero attached hydrogens (tertiary/aromatic N) is 1. The van der Waals surface area contributed by atoms with Gasteiger partial charge in [0.15, 0.2) is 11.5 Å². The van der Waals surface area contributed by atoms with Gasteiger partial charge in [0.1, 0.15) is 13.2 Å². The van der Waals surface area contributed by atoms with Crippen LogP contribution in [0.25, 0.3) is 0 Å². The molecule has 1 aliphatic heterocycles. The van der Waals surface area contributed by atoms with Gasteiger partial charge in [0.25, 0.3) is 5.91 Å². The van der Waals surface area contributed by atoms with Crippen molar-refractivity contribution >= 4 is 17.6 Å². The van der Waals surface area contributed by atoms with Crippen LogP contribution in [0.3, 0.4) is 0 Å². The molecule has 0 aliphatic carbocycles. The minimum absolute atomic E-state index is 0.133. The van der Waals surface area contributed by atoms with Gasteiger partial charge < -0.3 is 25.0 Å². The third-order valence-corrected chi connectivity index (χ3v) is 4.11. The van der Waals surface area contributed by atoms with Crippen molar-refractivity contribution in [3.05, 3.63) is 53.6 Å². The summed E-state index contributed by atoms with van der Waals surface area (Å²) in [6.45, 7) is 3.94. The average molecular weight is 369 g/mol. The zero-order valence-electron chi connectivity index (χ0n) is 15.5.